The molecule has 1 N–H and O–H groups in total. The number of H-pyrrole nitrogens is 1. The third-order valence-corrected chi connectivity index (χ3v) is 3.65. The first-order valence-electron chi connectivity index (χ1n) is 8.33. The maximum absolute atomic E-state index is 13.8. The highest BCUT2D eigenvalue weighted by atomic mass is 19.4. The molecule has 0 saturated heterocycles. The zero-order valence-electron chi connectivity index (χ0n) is 15.5. The second-order valence-corrected chi connectivity index (χ2v) is 7.10. The summed E-state index contributed by atoms with van der Waals surface area (Å²) >= 11 is 0. The monoisotopic (exact) mass is 412 g/mol. The topological polar surface area (TPSA) is 79.7 Å². The highest BCUT2D eigenvalue weighted by Crippen LogP contribution is 2.34. The van der Waals surface area contributed by atoms with Gasteiger partial charge in [-0.2, -0.15) is 13.2 Å². The number of anilines is 2. The number of carbonyl (C=O) groups is 1. The molecule has 154 valence electrons. The molecule has 11 heteroatoms. The Bertz CT molecular complexity index is 1130. The standard InChI is InChI=1S/C18H16F4N4O3/c1-17(2,3)29-16(28)25(11-6-4-5-10(19)7-11)12-8-14(27)24-26-13(18(20,21)22)9-23-15(12)26/h4-9H,1-3H3,(H,24,27). The molecule has 29 heavy (non-hydrogen) atoms. The van der Waals surface area contributed by atoms with Crippen molar-refractivity contribution < 1.29 is 27.1 Å². The van der Waals surface area contributed by atoms with Crippen molar-refractivity contribution in [1.29, 1.82) is 0 Å². The Hall–Kier alpha value is -3.37. The smallest absolute Gasteiger partial charge is 0.434 e. The Kier molecular flexibility index (Phi) is 4.85. The van der Waals surface area contributed by atoms with Gasteiger partial charge in [-0.25, -0.2) is 23.6 Å². The summed E-state index contributed by atoms with van der Waals surface area (Å²) in [6.45, 7) is 4.75. The highest BCUT2D eigenvalue weighted by Gasteiger charge is 2.36. The third kappa shape index (κ3) is 4.23. The minimum absolute atomic E-state index is 0.0525. The van der Waals surface area contributed by atoms with Crippen molar-refractivity contribution in [1.82, 2.24) is 14.6 Å². The summed E-state index contributed by atoms with van der Waals surface area (Å²) in [6.07, 6.45) is -5.31. The van der Waals surface area contributed by atoms with Crippen LogP contribution in [0.25, 0.3) is 5.65 Å². The number of rotatable bonds is 2. The van der Waals surface area contributed by atoms with Crippen molar-refractivity contribution >= 4 is 23.1 Å². The maximum Gasteiger partial charge on any atom is 0.434 e. The number of nitrogens with one attached hydrogen (secondary N) is 1. The lowest BCUT2D eigenvalue weighted by Crippen LogP contribution is -2.35. The van der Waals surface area contributed by atoms with Crippen LogP contribution in [0.1, 0.15) is 26.5 Å². The van der Waals surface area contributed by atoms with E-state index < -0.39 is 34.9 Å². The fourth-order valence-electron chi connectivity index (χ4n) is 2.61. The summed E-state index contributed by atoms with van der Waals surface area (Å²) in [6, 6.07) is 5.64. The number of alkyl halides is 3. The number of imidazole rings is 1. The van der Waals surface area contributed by atoms with Crippen molar-refractivity contribution in [2.24, 2.45) is 0 Å². The van der Waals surface area contributed by atoms with Gasteiger partial charge in [-0.3, -0.25) is 9.89 Å². The molecule has 1 aromatic carbocycles. The van der Waals surface area contributed by atoms with Crippen LogP contribution < -0.4 is 10.5 Å². The number of fused-ring (bicyclic) bond motifs is 1. The first kappa shape index (κ1) is 20.4. The van der Waals surface area contributed by atoms with Crippen molar-refractivity contribution in [3.8, 4) is 0 Å². The van der Waals surface area contributed by atoms with Crippen molar-refractivity contribution in [2.75, 3.05) is 4.90 Å². The van der Waals surface area contributed by atoms with E-state index in [1.165, 1.54) is 12.1 Å². The minimum Gasteiger partial charge on any atom is -0.443 e. The zero-order chi connectivity index (χ0) is 21.6. The van der Waals surface area contributed by atoms with Crippen molar-refractivity contribution in [3.05, 3.63) is 58.4 Å². The van der Waals surface area contributed by atoms with E-state index in [0.29, 0.717) is 10.7 Å². The highest BCUT2D eigenvalue weighted by molar-refractivity contribution is 5.99. The second-order valence-electron chi connectivity index (χ2n) is 7.10. The molecule has 0 unspecified atom stereocenters. The molecular formula is C18H16F4N4O3. The van der Waals surface area contributed by atoms with Crippen LogP contribution in [0.15, 0.2) is 41.3 Å². The van der Waals surface area contributed by atoms with Gasteiger partial charge in [0.25, 0.3) is 5.56 Å². The summed E-state index contributed by atoms with van der Waals surface area (Å²) in [5.74, 6) is -0.698. The molecule has 0 aliphatic heterocycles. The molecule has 1 amide bonds. The summed E-state index contributed by atoms with van der Waals surface area (Å²) in [7, 11) is 0. The normalized spacial score (nSPS) is 12.2. The van der Waals surface area contributed by atoms with Crippen LogP contribution in [0.3, 0.4) is 0 Å². The first-order chi connectivity index (χ1) is 13.4. The lowest BCUT2D eigenvalue weighted by atomic mass is 10.2. The molecule has 0 radical (unpaired) electrons. The zero-order valence-corrected chi connectivity index (χ0v) is 15.5. The molecule has 0 bridgehead atoms. The number of carbonyl (C=O) groups excluding carboxylic acids is 1. The number of ether oxygens (including phenoxy) is 1. The van der Waals surface area contributed by atoms with Gasteiger partial charge in [0.05, 0.1) is 11.9 Å². The summed E-state index contributed by atoms with van der Waals surface area (Å²) < 4.78 is 59.2. The summed E-state index contributed by atoms with van der Waals surface area (Å²) in [4.78, 5) is 29.4. The SMILES string of the molecule is CC(C)(C)OC(=O)N(c1cccc(F)c1)c1cc(=O)[nH]n2c(C(F)(F)F)cnc12. The molecular weight excluding hydrogens is 396 g/mol. The van der Waals surface area contributed by atoms with Crippen molar-refractivity contribution in [2.45, 2.75) is 32.5 Å². The molecule has 0 aliphatic rings. The average molecular weight is 412 g/mol. The minimum atomic E-state index is -4.81. The maximum atomic E-state index is 13.8. The predicted molar refractivity (Wildman–Crippen MR) is 95.6 cm³/mol. The van der Waals surface area contributed by atoms with Gasteiger partial charge in [0.2, 0.25) is 0 Å². The Balaban J connectivity index is 2.28. The molecule has 7 nitrogen and oxygen atoms in total. The number of halogens is 4. The molecule has 0 spiro atoms. The van der Waals surface area contributed by atoms with E-state index in [0.717, 1.165) is 23.1 Å². The Labute approximate surface area is 161 Å². The number of aromatic nitrogens is 3. The number of aromatic amines is 1. The lowest BCUT2D eigenvalue weighted by molar-refractivity contribution is -0.142. The van der Waals surface area contributed by atoms with E-state index in [4.69, 9.17) is 4.74 Å². The molecule has 0 saturated carbocycles. The van der Waals surface area contributed by atoms with Crippen LogP contribution in [-0.2, 0) is 10.9 Å². The number of amides is 1. The Morgan fingerprint density at radius 3 is 2.48 bits per heavy atom. The summed E-state index contributed by atoms with van der Waals surface area (Å²) in [5.41, 5.74) is -3.86. The van der Waals surface area contributed by atoms with Crippen LogP contribution in [0.5, 0.6) is 0 Å². The Morgan fingerprint density at radius 1 is 1.21 bits per heavy atom. The lowest BCUT2D eigenvalue weighted by Gasteiger charge is -2.27. The fraction of sp³-hybridized carbons (Fsp3) is 0.278. The number of nitrogens with zero attached hydrogens (tertiary/aromatic N) is 3. The van der Waals surface area contributed by atoms with Gasteiger partial charge in [-0.05, 0) is 39.0 Å². The average Bonchev–Trinajstić information content (AvgIpc) is 2.97. The van der Waals surface area contributed by atoms with E-state index >= 15 is 0 Å². The molecule has 3 rings (SSSR count). The van der Waals surface area contributed by atoms with Gasteiger partial charge in [-0.1, -0.05) is 6.07 Å². The molecule has 2 aromatic heterocycles. The van der Waals surface area contributed by atoms with Gasteiger partial charge in [0.15, 0.2) is 11.3 Å². The van der Waals surface area contributed by atoms with Crippen LogP contribution in [0.4, 0.5) is 33.7 Å². The number of hydrogen-bond acceptors (Lipinski definition) is 4. The number of hydrogen-bond donors (Lipinski definition) is 1. The van der Waals surface area contributed by atoms with Gasteiger partial charge in [-0.15, -0.1) is 0 Å². The van der Waals surface area contributed by atoms with Gasteiger partial charge in [0, 0.05) is 6.07 Å². The fourth-order valence-corrected chi connectivity index (χ4v) is 2.61. The Morgan fingerprint density at radius 2 is 1.90 bits per heavy atom. The molecule has 0 fully saturated rings. The van der Waals surface area contributed by atoms with Gasteiger partial charge >= 0.3 is 12.3 Å². The van der Waals surface area contributed by atoms with Gasteiger partial charge in [0.1, 0.15) is 17.1 Å². The molecule has 3 aromatic rings. The largest absolute Gasteiger partial charge is 0.443 e. The summed E-state index contributed by atoms with van der Waals surface area (Å²) in [5, 5.41) is 2.02. The van der Waals surface area contributed by atoms with Crippen molar-refractivity contribution in [3.63, 3.8) is 0 Å². The van der Waals surface area contributed by atoms with Gasteiger partial charge < -0.3 is 4.74 Å². The van der Waals surface area contributed by atoms with Crippen LogP contribution in [0, 0.1) is 5.82 Å². The van der Waals surface area contributed by atoms with E-state index in [9.17, 15) is 27.2 Å². The first-order valence-corrected chi connectivity index (χ1v) is 8.33. The van der Waals surface area contributed by atoms with Crippen LogP contribution in [0.2, 0.25) is 0 Å². The predicted octanol–water partition coefficient (Wildman–Crippen LogP) is 4.25. The van der Waals surface area contributed by atoms with Crippen LogP contribution >= 0.6 is 0 Å². The molecule has 2 heterocycles. The van der Waals surface area contributed by atoms with E-state index in [2.05, 4.69) is 4.98 Å². The quantitative estimate of drug-likeness (QED) is 0.638. The molecule has 0 aliphatic carbocycles. The van der Waals surface area contributed by atoms with Crippen LogP contribution in [-0.4, -0.2) is 26.3 Å². The van der Waals surface area contributed by atoms with E-state index in [-0.39, 0.29) is 17.0 Å². The number of benzene rings is 1. The van der Waals surface area contributed by atoms with E-state index in [1.54, 1.807) is 20.8 Å². The van der Waals surface area contributed by atoms with E-state index in [1.807, 2.05) is 5.10 Å². The molecule has 0 atom stereocenters. The third-order valence-electron chi connectivity index (χ3n) is 3.65. The second kappa shape index (κ2) is 6.90.